The van der Waals surface area contributed by atoms with Crippen LogP contribution in [0.15, 0.2) is 55.0 Å². The zero-order valence-corrected chi connectivity index (χ0v) is 17.6. The molecule has 29 heavy (non-hydrogen) atoms. The Morgan fingerprint density at radius 1 is 1.21 bits per heavy atom. The van der Waals surface area contributed by atoms with Crippen LogP contribution in [0, 0.1) is 6.92 Å². The molecule has 2 aromatic heterocycles. The third-order valence-corrected chi connectivity index (χ3v) is 5.40. The van der Waals surface area contributed by atoms with Gasteiger partial charge in [-0.2, -0.15) is 0 Å². The number of H-pyrrole nitrogens is 1. The minimum absolute atomic E-state index is 0.204. The molecular weight excluding hydrogens is 405 g/mol. The smallest absolute Gasteiger partial charge is 0.253 e. The summed E-state index contributed by atoms with van der Waals surface area (Å²) in [6, 6.07) is 13.0. The largest absolute Gasteiger partial charge is 0.354 e. The molecule has 2 aromatic carbocycles. The Hall–Kier alpha value is -2.95. The van der Waals surface area contributed by atoms with E-state index < -0.39 is 0 Å². The summed E-state index contributed by atoms with van der Waals surface area (Å²) >= 11 is 6.08. The quantitative estimate of drug-likeness (QED) is 0.422. The van der Waals surface area contributed by atoms with E-state index in [1.807, 2.05) is 43.3 Å². The third kappa shape index (κ3) is 4.09. The number of hydrogen-bond donors (Lipinski definition) is 3. The second-order valence-corrected chi connectivity index (χ2v) is 7.61. The van der Waals surface area contributed by atoms with Crippen LogP contribution in [-0.2, 0) is 6.54 Å². The van der Waals surface area contributed by atoms with E-state index in [0.29, 0.717) is 22.8 Å². The molecule has 1 atom stereocenters. The van der Waals surface area contributed by atoms with Gasteiger partial charge in [0.15, 0.2) is 0 Å². The Bertz CT molecular complexity index is 1190. The zero-order chi connectivity index (χ0) is 20.4. The lowest BCUT2D eigenvalue weighted by molar-refractivity contribution is 0.0951. The highest BCUT2D eigenvalue weighted by molar-refractivity contribution is 7.29. The molecule has 2 heterocycles. The maximum Gasteiger partial charge on any atom is 0.253 e. The number of nitrogens with one attached hydrogen (secondary N) is 3. The first kappa shape index (κ1) is 19.4. The lowest BCUT2D eigenvalue weighted by atomic mass is 10.1. The fraction of sp³-hybridized carbons (Fsp3) is 0.0952. The summed E-state index contributed by atoms with van der Waals surface area (Å²) in [6.07, 6.45) is 3.32. The molecule has 4 rings (SSSR count). The van der Waals surface area contributed by atoms with E-state index >= 15 is 0 Å². The van der Waals surface area contributed by atoms with Crippen LogP contribution in [-0.4, -0.2) is 20.9 Å². The molecule has 0 aliphatic carbocycles. The Morgan fingerprint density at radius 3 is 2.83 bits per heavy atom. The van der Waals surface area contributed by atoms with E-state index in [-0.39, 0.29) is 5.91 Å². The Labute approximate surface area is 175 Å². The summed E-state index contributed by atoms with van der Waals surface area (Å²) < 4.78 is 0. The number of amides is 1. The number of pyridine rings is 1. The molecule has 1 amide bonds. The predicted molar refractivity (Wildman–Crippen MR) is 120 cm³/mol. The number of carbonyl (C=O) groups excluding carboxylic acids is 1. The molecule has 8 heteroatoms. The number of aromatic amines is 1. The summed E-state index contributed by atoms with van der Waals surface area (Å²) in [5.41, 5.74) is 5.39. The van der Waals surface area contributed by atoms with Gasteiger partial charge < -0.3 is 15.6 Å². The first-order valence-electron chi connectivity index (χ1n) is 9.00. The molecule has 0 radical (unpaired) electrons. The van der Waals surface area contributed by atoms with Gasteiger partial charge in [-0.05, 0) is 48.9 Å². The van der Waals surface area contributed by atoms with Crippen molar-refractivity contribution in [2.45, 2.75) is 13.5 Å². The van der Waals surface area contributed by atoms with Gasteiger partial charge in [0.05, 0.1) is 40.9 Å². The number of aromatic nitrogens is 3. The third-order valence-electron chi connectivity index (χ3n) is 4.60. The SMILES string of the molecule is Cc1cc(Cl)ccc1Nc1c(C(=O)NCc2ccccn2)cc2[nH]cnc2c1P. The van der Waals surface area contributed by atoms with Crippen molar-refractivity contribution in [1.82, 2.24) is 20.3 Å². The number of aryl methyl sites for hydroxylation is 1. The van der Waals surface area contributed by atoms with Crippen LogP contribution in [0.3, 0.4) is 0 Å². The molecule has 3 N–H and O–H groups in total. The Morgan fingerprint density at radius 2 is 2.07 bits per heavy atom. The number of hydrogen-bond acceptors (Lipinski definition) is 4. The fourth-order valence-electron chi connectivity index (χ4n) is 3.09. The van der Waals surface area contributed by atoms with Gasteiger partial charge in [0.2, 0.25) is 0 Å². The number of imidazole rings is 1. The molecule has 146 valence electrons. The number of fused-ring (bicyclic) bond motifs is 1. The fourth-order valence-corrected chi connectivity index (χ4v) is 3.78. The van der Waals surface area contributed by atoms with E-state index in [1.165, 1.54) is 0 Å². The molecule has 6 nitrogen and oxygen atoms in total. The number of rotatable bonds is 5. The van der Waals surface area contributed by atoms with Crippen LogP contribution < -0.4 is 15.9 Å². The van der Waals surface area contributed by atoms with Crippen molar-refractivity contribution in [1.29, 1.82) is 0 Å². The van der Waals surface area contributed by atoms with Gasteiger partial charge >= 0.3 is 0 Å². The van der Waals surface area contributed by atoms with Crippen molar-refractivity contribution in [2.24, 2.45) is 0 Å². The lowest BCUT2D eigenvalue weighted by Crippen LogP contribution is -2.25. The van der Waals surface area contributed by atoms with Crippen molar-refractivity contribution in [3.8, 4) is 0 Å². The van der Waals surface area contributed by atoms with Crippen molar-refractivity contribution in [3.63, 3.8) is 0 Å². The summed E-state index contributed by atoms with van der Waals surface area (Å²) in [5.74, 6) is -0.204. The minimum atomic E-state index is -0.204. The highest BCUT2D eigenvalue weighted by Crippen LogP contribution is 2.28. The number of carbonyl (C=O) groups is 1. The van der Waals surface area contributed by atoms with E-state index in [9.17, 15) is 4.79 Å². The highest BCUT2D eigenvalue weighted by Gasteiger charge is 2.19. The van der Waals surface area contributed by atoms with Crippen molar-refractivity contribution in [2.75, 3.05) is 5.32 Å². The molecule has 1 unspecified atom stereocenters. The van der Waals surface area contributed by atoms with E-state index in [1.54, 1.807) is 18.6 Å². The topological polar surface area (TPSA) is 82.7 Å². The average Bonchev–Trinajstić information content (AvgIpc) is 3.19. The van der Waals surface area contributed by atoms with Gasteiger partial charge in [-0.1, -0.05) is 17.7 Å². The zero-order valence-electron chi connectivity index (χ0n) is 15.7. The summed E-state index contributed by atoms with van der Waals surface area (Å²) in [5, 5.41) is 7.80. The van der Waals surface area contributed by atoms with Crippen LogP contribution in [0.5, 0.6) is 0 Å². The number of nitrogens with zero attached hydrogens (tertiary/aromatic N) is 2. The van der Waals surface area contributed by atoms with E-state index in [4.69, 9.17) is 11.6 Å². The molecule has 0 spiro atoms. The average molecular weight is 424 g/mol. The van der Waals surface area contributed by atoms with Gasteiger partial charge in [0, 0.05) is 22.2 Å². The van der Waals surface area contributed by atoms with Crippen molar-refractivity contribution in [3.05, 3.63) is 76.8 Å². The van der Waals surface area contributed by atoms with Crippen LogP contribution in [0.25, 0.3) is 11.0 Å². The number of anilines is 2. The van der Waals surface area contributed by atoms with Crippen LogP contribution in [0.1, 0.15) is 21.6 Å². The van der Waals surface area contributed by atoms with Gasteiger partial charge in [-0.15, -0.1) is 9.24 Å². The van der Waals surface area contributed by atoms with Gasteiger partial charge in [0.25, 0.3) is 5.91 Å². The monoisotopic (exact) mass is 423 g/mol. The molecule has 0 aliphatic rings. The predicted octanol–water partition coefficient (Wildman–Crippen LogP) is 4.09. The minimum Gasteiger partial charge on any atom is -0.354 e. The molecule has 0 aliphatic heterocycles. The van der Waals surface area contributed by atoms with E-state index in [2.05, 4.69) is 34.8 Å². The summed E-state index contributed by atoms with van der Waals surface area (Å²) in [4.78, 5) is 24.7. The van der Waals surface area contributed by atoms with Crippen molar-refractivity contribution < 1.29 is 4.79 Å². The molecular formula is C21H19ClN5OP. The summed E-state index contributed by atoms with van der Waals surface area (Å²) in [7, 11) is 2.69. The number of benzene rings is 2. The summed E-state index contributed by atoms with van der Waals surface area (Å²) in [6.45, 7) is 2.30. The van der Waals surface area contributed by atoms with Gasteiger partial charge in [-0.3, -0.25) is 9.78 Å². The maximum absolute atomic E-state index is 13.0. The second kappa shape index (κ2) is 8.19. The lowest BCUT2D eigenvalue weighted by Gasteiger charge is -2.17. The normalized spacial score (nSPS) is 10.9. The number of halogens is 1. The molecule has 0 saturated heterocycles. The first-order chi connectivity index (χ1) is 14.0. The standard InChI is InChI=1S/C21H19ClN5OP/c1-12-8-13(22)5-6-16(12)27-18-15(9-17-19(20(18)29)26-11-25-17)21(28)24-10-14-4-2-3-7-23-14/h2-9,11,27H,10,29H2,1H3,(H,24,28)(H,25,26). The first-order valence-corrected chi connectivity index (χ1v) is 9.95. The highest BCUT2D eigenvalue weighted by atomic mass is 35.5. The van der Waals surface area contributed by atoms with Crippen LogP contribution in [0.2, 0.25) is 5.02 Å². The maximum atomic E-state index is 13.0. The second-order valence-electron chi connectivity index (χ2n) is 6.60. The Balaban J connectivity index is 1.71. The van der Waals surface area contributed by atoms with Gasteiger partial charge in [0.1, 0.15) is 0 Å². The van der Waals surface area contributed by atoms with Crippen molar-refractivity contribution >= 4 is 54.5 Å². The molecule has 0 fully saturated rings. The molecule has 0 saturated carbocycles. The molecule has 4 aromatic rings. The van der Waals surface area contributed by atoms with Crippen LogP contribution in [0.4, 0.5) is 11.4 Å². The van der Waals surface area contributed by atoms with E-state index in [0.717, 1.165) is 33.3 Å². The van der Waals surface area contributed by atoms with Crippen LogP contribution >= 0.6 is 20.8 Å². The molecule has 0 bridgehead atoms. The Kier molecular flexibility index (Phi) is 5.47. The van der Waals surface area contributed by atoms with Gasteiger partial charge in [-0.25, -0.2) is 4.98 Å².